The molecule has 0 atom stereocenters. The number of aromatic nitrogens is 1. The van der Waals surface area contributed by atoms with E-state index in [0.29, 0.717) is 19.1 Å². The SMILES string of the molecule is Cc1cnc(OCCOC(C)C)c(Br)c1. The minimum atomic E-state index is 0.239. The summed E-state index contributed by atoms with van der Waals surface area (Å²) in [6, 6.07) is 1.98. The van der Waals surface area contributed by atoms with Gasteiger partial charge in [0.15, 0.2) is 0 Å². The van der Waals surface area contributed by atoms with Crippen molar-refractivity contribution >= 4 is 15.9 Å². The number of ether oxygens (including phenoxy) is 2. The van der Waals surface area contributed by atoms with Gasteiger partial charge < -0.3 is 9.47 Å². The highest BCUT2D eigenvalue weighted by atomic mass is 79.9. The molecule has 0 unspecified atom stereocenters. The van der Waals surface area contributed by atoms with E-state index in [1.807, 2.05) is 26.8 Å². The monoisotopic (exact) mass is 273 g/mol. The summed E-state index contributed by atoms with van der Waals surface area (Å²) in [5.41, 5.74) is 1.10. The second kappa shape index (κ2) is 6.08. The van der Waals surface area contributed by atoms with Crippen LogP contribution in [0.5, 0.6) is 5.88 Å². The number of halogens is 1. The average Bonchev–Trinajstić information content (AvgIpc) is 2.14. The maximum absolute atomic E-state index is 5.46. The molecule has 1 aromatic rings. The van der Waals surface area contributed by atoms with Crippen molar-refractivity contribution in [3.63, 3.8) is 0 Å². The van der Waals surface area contributed by atoms with Crippen LogP contribution >= 0.6 is 15.9 Å². The molecule has 0 saturated heterocycles. The van der Waals surface area contributed by atoms with Crippen molar-refractivity contribution in [3.8, 4) is 5.88 Å². The molecule has 0 fully saturated rings. The molecule has 0 bridgehead atoms. The summed E-state index contributed by atoms with van der Waals surface area (Å²) < 4.78 is 11.7. The highest BCUT2D eigenvalue weighted by Crippen LogP contribution is 2.22. The van der Waals surface area contributed by atoms with Crippen LogP contribution < -0.4 is 4.74 Å². The molecule has 1 heterocycles. The Hall–Kier alpha value is -0.610. The molecule has 0 saturated carbocycles. The van der Waals surface area contributed by atoms with E-state index < -0.39 is 0 Å². The second-order valence-electron chi connectivity index (χ2n) is 3.57. The second-order valence-corrected chi connectivity index (χ2v) is 4.42. The van der Waals surface area contributed by atoms with Crippen molar-refractivity contribution in [2.45, 2.75) is 26.9 Å². The summed E-state index contributed by atoms with van der Waals surface area (Å²) in [6.45, 7) is 7.09. The molecule has 1 rings (SSSR count). The van der Waals surface area contributed by atoms with Crippen molar-refractivity contribution in [2.75, 3.05) is 13.2 Å². The first-order valence-corrected chi connectivity index (χ1v) is 5.75. The van der Waals surface area contributed by atoms with Gasteiger partial charge in [-0.2, -0.15) is 0 Å². The fourth-order valence-electron chi connectivity index (χ4n) is 1.05. The van der Waals surface area contributed by atoms with E-state index in [4.69, 9.17) is 9.47 Å². The van der Waals surface area contributed by atoms with Crippen LogP contribution in [0.4, 0.5) is 0 Å². The zero-order valence-electron chi connectivity index (χ0n) is 9.29. The van der Waals surface area contributed by atoms with Crippen LogP contribution in [0.3, 0.4) is 0 Å². The minimum absolute atomic E-state index is 0.239. The van der Waals surface area contributed by atoms with Crippen LogP contribution in [0.1, 0.15) is 19.4 Å². The zero-order chi connectivity index (χ0) is 11.3. The molecule has 0 aromatic carbocycles. The van der Waals surface area contributed by atoms with Gasteiger partial charge in [-0.1, -0.05) is 0 Å². The average molecular weight is 274 g/mol. The normalized spacial score (nSPS) is 10.7. The molecule has 0 spiro atoms. The third-order valence-electron chi connectivity index (χ3n) is 1.72. The summed E-state index contributed by atoms with van der Waals surface area (Å²) in [5.74, 6) is 0.618. The van der Waals surface area contributed by atoms with Crippen LogP contribution in [0.25, 0.3) is 0 Å². The van der Waals surface area contributed by atoms with Crippen molar-refractivity contribution < 1.29 is 9.47 Å². The molecule has 0 aliphatic rings. The molecule has 3 nitrogen and oxygen atoms in total. The van der Waals surface area contributed by atoms with E-state index in [2.05, 4.69) is 20.9 Å². The molecule has 15 heavy (non-hydrogen) atoms. The molecular formula is C11H16BrNO2. The van der Waals surface area contributed by atoms with Crippen molar-refractivity contribution in [1.82, 2.24) is 4.98 Å². The van der Waals surface area contributed by atoms with Gasteiger partial charge in [0.2, 0.25) is 5.88 Å². The maximum Gasteiger partial charge on any atom is 0.228 e. The van der Waals surface area contributed by atoms with E-state index in [0.717, 1.165) is 10.0 Å². The molecule has 0 radical (unpaired) electrons. The van der Waals surface area contributed by atoms with Crippen molar-refractivity contribution in [3.05, 3.63) is 22.3 Å². The van der Waals surface area contributed by atoms with Crippen molar-refractivity contribution in [2.24, 2.45) is 0 Å². The lowest BCUT2D eigenvalue weighted by atomic mass is 10.3. The van der Waals surface area contributed by atoms with Gasteiger partial charge in [-0.05, 0) is 48.3 Å². The third kappa shape index (κ3) is 4.62. The summed E-state index contributed by atoms with van der Waals surface area (Å²) in [6.07, 6.45) is 2.02. The Morgan fingerprint density at radius 3 is 2.73 bits per heavy atom. The number of nitrogens with zero attached hydrogens (tertiary/aromatic N) is 1. The van der Waals surface area contributed by atoms with Gasteiger partial charge in [-0.15, -0.1) is 0 Å². The Bertz CT molecular complexity index is 315. The van der Waals surface area contributed by atoms with Gasteiger partial charge in [0.25, 0.3) is 0 Å². The van der Waals surface area contributed by atoms with E-state index in [9.17, 15) is 0 Å². The fraction of sp³-hybridized carbons (Fsp3) is 0.545. The first kappa shape index (κ1) is 12.5. The smallest absolute Gasteiger partial charge is 0.228 e. The van der Waals surface area contributed by atoms with Gasteiger partial charge in [-0.3, -0.25) is 0 Å². The van der Waals surface area contributed by atoms with Crippen LogP contribution in [0, 0.1) is 6.92 Å². The lowest BCUT2D eigenvalue weighted by Crippen LogP contribution is -2.11. The summed E-state index contributed by atoms with van der Waals surface area (Å²) in [4.78, 5) is 4.17. The number of pyridine rings is 1. The van der Waals surface area contributed by atoms with Gasteiger partial charge in [0.05, 0.1) is 17.2 Å². The fourth-order valence-corrected chi connectivity index (χ4v) is 1.63. The number of hydrogen-bond acceptors (Lipinski definition) is 3. The molecule has 4 heteroatoms. The molecule has 0 amide bonds. The van der Waals surface area contributed by atoms with Crippen LogP contribution in [0.15, 0.2) is 16.7 Å². The van der Waals surface area contributed by atoms with Crippen LogP contribution in [-0.2, 0) is 4.74 Å². The Labute approximate surface area is 98.9 Å². The Morgan fingerprint density at radius 1 is 1.40 bits per heavy atom. The van der Waals surface area contributed by atoms with Crippen LogP contribution in [0.2, 0.25) is 0 Å². The first-order chi connectivity index (χ1) is 7.09. The first-order valence-electron chi connectivity index (χ1n) is 4.96. The molecule has 0 N–H and O–H groups in total. The Balaban J connectivity index is 2.37. The third-order valence-corrected chi connectivity index (χ3v) is 2.29. The van der Waals surface area contributed by atoms with Gasteiger partial charge in [-0.25, -0.2) is 4.98 Å². The zero-order valence-corrected chi connectivity index (χ0v) is 10.9. The topological polar surface area (TPSA) is 31.4 Å². The Morgan fingerprint density at radius 2 is 2.13 bits per heavy atom. The number of rotatable bonds is 5. The maximum atomic E-state index is 5.46. The van der Waals surface area contributed by atoms with Crippen LogP contribution in [-0.4, -0.2) is 24.3 Å². The molecule has 0 aliphatic heterocycles. The quantitative estimate of drug-likeness (QED) is 0.773. The highest BCUT2D eigenvalue weighted by Gasteiger charge is 2.02. The lowest BCUT2D eigenvalue weighted by molar-refractivity contribution is 0.0541. The Kier molecular flexibility index (Phi) is 5.05. The summed E-state index contributed by atoms with van der Waals surface area (Å²) in [7, 11) is 0. The largest absolute Gasteiger partial charge is 0.474 e. The van der Waals surface area contributed by atoms with E-state index in [1.54, 1.807) is 6.20 Å². The van der Waals surface area contributed by atoms with E-state index in [1.165, 1.54) is 0 Å². The highest BCUT2D eigenvalue weighted by molar-refractivity contribution is 9.10. The number of hydrogen-bond donors (Lipinski definition) is 0. The number of aryl methyl sites for hydroxylation is 1. The molecule has 1 aromatic heterocycles. The predicted molar refractivity (Wildman–Crippen MR) is 63.3 cm³/mol. The lowest BCUT2D eigenvalue weighted by Gasteiger charge is -2.09. The minimum Gasteiger partial charge on any atom is -0.474 e. The summed E-state index contributed by atoms with van der Waals surface area (Å²) >= 11 is 3.40. The standard InChI is InChI=1S/C11H16BrNO2/c1-8(2)14-4-5-15-11-10(12)6-9(3)7-13-11/h6-8H,4-5H2,1-3H3. The van der Waals surface area contributed by atoms with E-state index >= 15 is 0 Å². The van der Waals surface area contributed by atoms with Gasteiger partial charge in [0.1, 0.15) is 6.61 Å². The van der Waals surface area contributed by atoms with Gasteiger partial charge in [0, 0.05) is 6.20 Å². The van der Waals surface area contributed by atoms with Gasteiger partial charge >= 0.3 is 0 Å². The molecule has 0 aliphatic carbocycles. The summed E-state index contributed by atoms with van der Waals surface area (Å²) in [5, 5.41) is 0. The predicted octanol–water partition coefficient (Wildman–Crippen LogP) is 2.96. The molecular weight excluding hydrogens is 258 g/mol. The van der Waals surface area contributed by atoms with Crippen molar-refractivity contribution in [1.29, 1.82) is 0 Å². The molecule has 84 valence electrons. The van der Waals surface area contributed by atoms with E-state index in [-0.39, 0.29) is 6.10 Å².